The van der Waals surface area contributed by atoms with E-state index in [0.717, 1.165) is 5.56 Å². The lowest BCUT2D eigenvalue weighted by Gasteiger charge is -2.42. The molecule has 4 atom stereocenters. The van der Waals surface area contributed by atoms with Gasteiger partial charge in [0, 0.05) is 12.3 Å². The summed E-state index contributed by atoms with van der Waals surface area (Å²) in [4.78, 5) is 37.7. The number of allylic oxidation sites excluding steroid dienone is 1. The first kappa shape index (κ1) is 20.8. The van der Waals surface area contributed by atoms with Gasteiger partial charge >= 0.3 is 11.9 Å². The third kappa shape index (κ3) is 4.83. The van der Waals surface area contributed by atoms with Gasteiger partial charge in [0.15, 0.2) is 5.78 Å². The van der Waals surface area contributed by atoms with Crippen LogP contribution in [0, 0.1) is 17.8 Å². The van der Waals surface area contributed by atoms with E-state index in [9.17, 15) is 19.5 Å². The SMILES string of the molecule is CCOC(=O)[C@@H]1C(=O)C[C@](C)(O)[C@H](C(=O)OCC)[C@H]1/C=C/c1ccccc1. The van der Waals surface area contributed by atoms with Crippen molar-refractivity contribution in [1.29, 1.82) is 0 Å². The summed E-state index contributed by atoms with van der Waals surface area (Å²) >= 11 is 0. The summed E-state index contributed by atoms with van der Waals surface area (Å²) < 4.78 is 10.2. The maximum atomic E-state index is 12.6. The molecule has 0 bridgehead atoms. The molecule has 0 heterocycles. The quantitative estimate of drug-likeness (QED) is 0.607. The second-order valence-electron chi connectivity index (χ2n) is 6.81. The van der Waals surface area contributed by atoms with E-state index >= 15 is 0 Å². The van der Waals surface area contributed by atoms with Crippen LogP contribution in [0.5, 0.6) is 0 Å². The first-order valence-electron chi connectivity index (χ1n) is 9.13. The zero-order chi connectivity index (χ0) is 20.0. The molecule has 6 heteroatoms. The standard InChI is InChI=1S/C21H26O6/c1-4-26-19(23)17-15(12-11-14-9-7-6-8-10-14)18(20(24)27-5-2)21(3,25)13-16(17)22/h6-12,15,17-18,25H,4-5,13H2,1-3H3/b12-11+/t15-,17-,18-,21-/m0/s1. The molecule has 27 heavy (non-hydrogen) atoms. The first-order valence-corrected chi connectivity index (χ1v) is 9.13. The van der Waals surface area contributed by atoms with Crippen LogP contribution in [-0.2, 0) is 23.9 Å². The number of Topliss-reactive ketones (excluding diaryl/α,β-unsaturated/α-hetero) is 1. The van der Waals surface area contributed by atoms with Gasteiger partial charge in [-0.15, -0.1) is 0 Å². The van der Waals surface area contributed by atoms with E-state index in [1.807, 2.05) is 30.3 Å². The van der Waals surface area contributed by atoms with Gasteiger partial charge in [-0.2, -0.15) is 0 Å². The van der Waals surface area contributed by atoms with Crippen LogP contribution in [0.4, 0.5) is 0 Å². The fraction of sp³-hybridized carbons (Fsp3) is 0.476. The Morgan fingerprint density at radius 1 is 1.15 bits per heavy atom. The lowest BCUT2D eigenvalue weighted by molar-refractivity contribution is -0.174. The number of carbonyl (C=O) groups is 3. The molecule has 1 aliphatic carbocycles. The highest BCUT2D eigenvalue weighted by atomic mass is 16.5. The minimum absolute atomic E-state index is 0.123. The highest BCUT2D eigenvalue weighted by molar-refractivity contribution is 6.02. The zero-order valence-corrected chi connectivity index (χ0v) is 15.9. The number of ether oxygens (including phenoxy) is 2. The van der Waals surface area contributed by atoms with Crippen LogP contribution < -0.4 is 0 Å². The Labute approximate surface area is 159 Å². The Morgan fingerprint density at radius 2 is 1.74 bits per heavy atom. The molecule has 0 amide bonds. The summed E-state index contributed by atoms with van der Waals surface area (Å²) in [6.45, 7) is 5.01. The highest BCUT2D eigenvalue weighted by Crippen LogP contribution is 2.42. The third-order valence-corrected chi connectivity index (χ3v) is 4.71. The van der Waals surface area contributed by atoms with E-state index in [2.05, 4.69) is 0 Å². The van der Waals surface area contributed by atoms with Crippen LogP contribution in [0.25, 0.3) is 6.08 Å². The number of carbonyl (C=O) groups excluding carboxylic acids is 3. The Morgan fingerprint density at radius 3 is 2.33 bits per heavy atom. The number of benzene rings is 1. The van der Waals surface area contributed by atoms with Gasteiger partial charge in [-0.3, -0.25) is 14.4 Å². The highest BCUT2D eigenvalue weighted by Gasteiger charge is 2.55. The van der Waals surface area contributed by atoms with Crippen molar-refractivity contribution < 1.29 is 29.0 Å². The maximum absolute atomic E-state index is 12.6. The Bertz CT molecular complexity index is 707. The van der Waals surface area contributed by atoms with Crippen molar-refractivity contribution in [3.8, 4) is 0 Å². The predicted molar refractivity (Wildman–Crippen MR) is 99.5 cm³/mol. The number of hydrogen-bond donors (Lipinski definition) is 1. The van der Waals surface area contributed by atoms with Gasteiger partial charge < -0.3 is 14.6 Å². The normalized spacial score (nSPS) is 28.1. The fourth-order valence-corrected chi connectivity index (χ4v) is 3.57. The summed E-state index contributed by atoms with van der Waals surface area (Å²) in [5.41, 5.74) is -0.765. The molecule has 2 rings (SSSR count). The van der Waals surface area contributed by atoms with Crippen LogP contribution >= 0.6 is 0 Å². The van der Waals surface area contributed by atoms with E-state index in [1.165, 1.54) is 6.92 Å². The molecule has 1 aliphatic rings. The molecule has 0 radical (unpaired) electrons. The van der Waals surface area contributed by atoms with E-state index in [4.69, 9.17) is 9.47 Å². The summed E-state index contributed by atoms with van der Waals surface area (Å²) in [5.74, 6) is -4.83. The van der Waals surface area contributed by atoms with Crippen molar-refractivity contribution >= 4 is 23.8 Å². The lowest BCUT2D eigenvalue weighted by Crippen LogP contribution is -2.55. The van der Waals surface area contributed by atoms with Gasteiger partial charge in [0.05, 0.1) is 24.7 Å². The van der Waals surface area contributed by atoms with E-state index < -0.39 is 41.1 Å². The molecule has 0 unspecified atom stereocenters. The largest absolute Gasteiger partial charge is 0.466 e. The van der Waals surface area contributed by atoms with Gasteiger partial charge in [-0.1, -0.05) is 42.5 Å². The molecule has 0 spiro atoms. The molecule has 1 saturated carbocycles. The second-order valence-corrected chi connectivity index (χ2v) is 6.81. The molecule has 0 aromatic heterocycles. The average Bonchev–Trinajstić information content (AvgIpc) is 2.59. The van der Waals surface area contributed by atoms with E-state index in [0.29, 0.717) is 0 Å². The molecule has 1 N–H and O–H groups in total. The third-order valence-electron chi connectivity index (χ3n) is 4.71. The number of aliphatic hydroxyl groups is 1. The molecule has 0 aliphatic heterocycles. The summed E-state index contributed by atoms with van der Waals surface area (Å²) in [5, 5.41) is 10.8. The first-order chi connectivity index (χ1) is 12.8. The van der Waals surface area contributed by atoms with E-state index in [-0.39, 0.29) is 19.6 Å². The van der Waals surface area contributed by atoms with Gasteiger partial charge in [-0.05, 0) is 26.3 Å². The predicted octanol–water partition coefficient (Wildman–Crippen LogP) is 2.40. The Kier molecular flexibility index (Phi) is 6.91. The van der Waals surface area contributed by atoms with Crippen molar-refractivity contribution in [2.45, 2.75) is 32.8 Å². The Hall–Kier alpha value is -2.47. The molecule has 0 saturated heterocycles. The van der Waals surface area contributed by atoms with Gasteiger partial charge in [0.1, 0.15) is 5.92 Å². The van der Waals surface area contributed by atoms with E-state index in [1.54, 1.807) is 26.0 Å². The lowest BCUT2D eigenvalue weighted by atomic mass is 9.63. The number of rotatable bonds is 6. The topological polar surface area (TPSA) is 89.9 Å². The zero-order valence-electron chi connectivity index (χ0n) is 15.9. The average molecular weight is 374 g/mol. The van der Waals surface area contributed by atoms with Gasteiger partial charge in [0.2, 0.25) is 0 Å². The van der Waals surface area contributed by atoms with Crippen LogP contribution in [0.3, 0.4) is 0 Å². The summed E-state index contributed by atoms with van der Waals surface area (Å²) in [7, 11) is 0. The van der Waals surface area contributed by atoms with Gasteiger partial charge in [-0.25, -0.2) is 0 Å². The molecular formula is C21H26O6. The van der Waals surface area contributed by atoms with Crippen LogP contribution in [-0.4, -0.2) is 41.6 Å². The molecule has 1 aromatic rings. The number of esters is 2. The molecular weight excluding hydrogens is 348 g/mol. The van der Waals surface area contributed by atoms with Crippen molar-refractivity contribution in [3.63, 3.8) is 0 Å². The van der Waals surface area contributed by atoms with Crippen LogP contribution in [0.1, 0.15) is 32.8 Å². The Balaban J connectivity index is 2.48. The monoisotopic (exact) mass is 374 g/mol. The molecule has 146 valence electrons. The summed E-state index contributed by atoms with van der Waals surface area (Å²) in [6, 6.07) is 9.30. The minimum Gasteiger partial charge on any atom is -0.466 e. The van der Waals surface area contributed by atoms with Crippen LogP contribution in [0.15, 0.2) is 36.4 Å². The van der Waals surface area contributed by atoms with Crippen molar-refractivity contribution in [3.05, 3.63) is 42.0 Å². The number of hydrogen-bond acceptors (Lipinski definition) is 6. The van der Waals surface area contributed by atoms with Crippen molar-refractivity contribution in [2.75, 3.05) is 13.2 Å². The molecule has 6 nitrogen and oxygen atoms in total. The molecule has 1 aromatic carbocycles. The van der Waals surface area contributed by atoms with Crippen molar-refractivity contribution in [2.24, 2.45) is 17.8 Å². The number of ketones is 1. The minimum atomic E-state index is -1.61. The van der Waals surface area contributed by atoms with Crippen LogP contribution in [0.2, 0.25) is 0 Å². The smallest absolute Gasteiger partial charge is 0.317 e. The molecule has 1 fully saturated rings. The van der Waals surface area contributed by atoms with Gasteiger partial charge in [0.25, 0.3) is 0 Å². The summed E-state index contributed by atoms with van der Waals surface area (Å²) in [6.07, 6.45) is 3.05. The maximum Gasteiger partial charge on any atom is 0.317 e. The van der Waals surface area contributed by atoms with Crippen molar-refractivity contribution in [1.82, 2.24) is 0 Å². The fourth-order valence-electron chi connectivity index (χ4n) is 3.57. The second kappa shape index (κ2) is 8.95.